The average molecular weight is 381 g/mol. The van der Waals surface area contributed by atoms with Crippen molar-refractivity contribution in [2.45, 2.75) is 75.8 Å². The van der Waals surface area contributed by atoms with Gasteiger partial charge in [0.15, 0.2) is 0 Å². The number of thioether (sulfide) groups is 1. The fourth-order valence-electron chi connectivity index (χ4n) is 3.03. The van der Waals surface area contributed by atoms with Gasteiger partial charge in [0.1, 0.15) is 4.88 Å². The third kappa shape index (κ3) is 4.82. The van der Waals surface area contributed by atoms with Crippen molar-refractivity contribution in [1.82, 2.24) is 20.5 Å². The van der Waals surface area contributed by atoms with Crippen molar-refractivity contribution in [3.8, 4) is 10.8 Å². The molecule has 2 aromatic rings. The van der Waals surface area contributed by atoms with Crippen LogP contribution in [0.4, 0.5) is 0 Å². The van der Waals surface area contributed by atoms with E-state index >= 15 is 0 Å². The van der Waals surface area contributed by atoms with Gasteiger partial charge in [-0.2, -0.15) is 0 Å². The monoisotopic (exact) mass is 380 g/mol. The maximum absolute atomic E-state index is 12.4. The van der Waals surface area contributed by atoms with Gasteiger partial charge in [0, 0.05) is 6.04 Å². The molecule has 0 bridgehead atoms. The number of nitrogens with zero attached hydrogens (tertiary/aromatic N) is 3. The summed E-state index contributed by atoms with van der Waals surface area (Å²) in [6, 6.07) is 0.305. The maximum atomic E-state index is 12.4. The molecule has 1 saturated carbocycles. The van der Waals surface area contributed by atoms with Crippen LogP contribution in [-0.2, 0) is 4.79 Å². The lowest BCUT2D eigenvalue weighted by atomic mass is 10.1. The zero-order valence-electron chi connectivity index (χ0n) is 14.9. The second-order valence-corrected chi connectivity index (χ2v) is 8.97. The highest BCUT2D eigenvalue weighted by Gasteiger charge is 2.22. The summed E-state index contributed by atoms with van der Waals surface area (Å²) in [5.74, 6) is 0.517. The number of aryl methyl sites for hydroxylation is 2. The van der Waals surface area contributed by atoms with Crippen LogP contribution in [0.5, 0.6) is 0 Å². The lowest BCUT2D eigenvalue weighted by Crippen LogP contribution is -2.39. The quantitative estimate of drug-likeness (QED) is 0.620. The minimum atomic E-state index is -0.263. The van der Waals surface area contributed by atoms with E-state index in [0.717, 1.165) is 28.4 Å². The first-order valence-corrected chi connectivity index (χ1v) is 10.5. The van der Waals surface area contributed by atoms with Gasteiger partial charge in [-0.1, -0.05) is 37.4 Å². The Balaban J connectivity index is 1.58. The fraction of sp³-hybridized carbons (Fsp3) is 0.647. The van der Waals surface area contributed by atoms with E-state index in [1.54, 1.807) is 0 Å². The Hall–Kier alpha value is -1.41. The molecule has 0 aliphatic heterocycles. The lowest BCUT2D eigenvalue weighted by Gasteiger charge is -2.18. The first-order valence-electron chi connectivity index (χ1n) is 8.78. The fourth-order valence-corrected chi connectivity index (χ4v) is 4.56. The zero-order valence-corrected chi connectivity index (χ0v) is 16.5. The van der Waals surface area contributed by atoms with E-state index in [1.165, 1.54) is 48.8 Å². The van der Waals surface area contributed by atoms with Gasteiger partial charge in [0.2, 0.25) is 5.91 Å². The molecule has 1 aliphatic carbocycles. The van der Waals surface area contributed by atoms with Crippen LogP contribution in [0.1, 0.15) is 56.2 Å². The number of aromatic nitrogens is 3. The lowest BCUT2D eigenvalue weighted by molar-refractivity contribution is -0.121. The first-order chi connectivity index (χ1) is 12.0. The molecule has 25 heavy (non-hydrogen) atoms. The van der Waals surface area contributed by atoms with Gasteiger partial charge in [0.25, 0.3) is 11.1 Å². The van der Waals surface area contributed by atoms with Crippen molar-refractivity contribution in [3.05, 3.63) is 10.7 Å². The maximum Gasteiger partial charge on any atom is 0.277 e. The number of thiazole rings is 1. The van der Waals surface area contributed by atoms with Gasteiger partial charge in [0.05, 0.1) is 16.0 Å². The van der Waals surface area contributed by atoms with E-state index in [-0.39, 0.29) is 11.2 Å². The summed E-state index contributed by atoms with van der Waals surface area (Å²) >= 11 is 2.84. The molecule has 0 spiro atoms. The van der Waals surface area contributed by atoms with Crippen LogP contribution < -0.4 is 5.32 Å². The van der Waals surface area contributed by atoms with Crippen molar-refractivity contribution in [1.29, 1.82) is 0 Å². The van der Waals surface area contributed by atoms with Gasteiger partial charge >= 0.3 is 0 Å². The third-order valence-electron chi connectivity index (χ3n) is 4.35. The predicted molar refractivity (Wildman–Crippen MR) is 99.8 cm³/mol. The van der Waals surface area contributed by atoms with Crippen molar-refractivity contribution in [2.24, 2.45) is 0 Å². The molecule has 0 unspecified atom stereocenters. The number of carbonyl (C=O) groups is 1. The Morgan fingerprint density at radius 1 is 1.24 bits per heavy atom. The summed E-state index contributed by atoms with van der Waals surface area (Å²) in [5, 5.41) is 12.5. The third-order valence-corrected chi connectivity index (χ3v) is 6.35. The molecular weight excluding hydrogens is 356 g/mol. The van der Waals surface area contributed by atoms with Crippen LogP contribution in [0.25, 0.3) is 10.8 Å². The molecule has 2 aromatic heterocycles. The van der Waals surface area contributed by atoms with Gasteiger partial charge in [-0.05, 0) is 33.6 Å². The van der Waals surface area contributed by atoms with Crippen molar-refractivity contribution < 1.29 is 9.21 Å². The molecule has 1 atom stereocenters. The highest BCUT2D eigenvalue weighted by molar-refractivity contribution is 8.00. The summed E-state index contributed by atoms with van der Waals surface area (Å²) in [4.78, 5) is 17.7. The molecule has 0 radical (unpaired) electrons. The normalized spacial score (nSPS) is 17.2. The standard InChI is InChI=1S/C17H24N4O2S2/c1-10-14(25-12(3)18-10)16-20-21-17(23-16)24-11(2)15(22)19-13-8-6-4-5-7-9-13/h11,13H,4-9H2,1-3H3,(H,19,22)/t11-/m1/s1. The average Bonchev–Trinajstić information content (AvgIpc) is 3.05. The molecule has 136 valence electrons. The number of amides is 1. The number of hydrogen-bond acceptors (Lipinski definition) is 7. The molecule has 1 aliphatic rings. The van der Waals surface area contributed by atoms with Gasteiger partial charge < -0.3 is 9.73 Å². The summed E-state index contributed by atoms with van der Waals surface area (Å²) in [7, 11) is 0. The number of nitrogens with one attached hydrogen (secondary N) is 1. The van der Waals surface area contributed by atoms with Crippen molar-refractivity contribution in [2.75, 3.05) is 0 Å². The van der Waals surface area contributed by atoms with Crippen LogP contribution in [0, 0.1) is 13.8 Å². The molecule has 0 aromatic carbocycles. The molecule has 3 rings (SSSR count). The highest BCUT2D eigenvalue weighted by atomic mass is 32.2. The molecule has 1 fully saturated rings. The Bertz CT molecular complexity index is 720. The topological polar surface area (TPSA) is 80.9 Å². The molecule has 1 amide bonds. The molecule has 6 nitrogen and oxygen atoms in total. The summed E-state index contributed by atoms with van der Waals surface area (Å²) < 4.78 is 5.73. The molecule has 8 heteroatoms. The molecule has 2 heterocycles. The van der Waals surface area contributed by atoms with E-state index < -0.39 is 0 Å². The Labute approximate surface area is 156 Å². The van der Waals surface area contributed by atoms with Crippen LogP contribution >= 0.6 is 23.1 Å². The molecule has 1 N–H and O–H groups in total. The Morgan fingerprint density at radius 2 is 1.96 bits per heavy atom. The minimum Gasteiger partial charge on any atom is -0.410 e. The number of carbonyl (C=O) groups excluding carboxylic acids is 1. The summed E-state index contributed by atoms with van der Waals surface area (Å²) in [6.45, 7) is 5.76. The molecular formula is C17H24N4O2S2. The predicted octanol–water partition coefficient (Wildman–Crippen LogP) is 4.13. The molecule has 0 saturated heterocycles. The van der Waals surface area contributed by atoms with E-state index in [4.69, 9.17) is 4.42 Å². The Morgan fingerprint density at radius 3 is 2.60 bits per heavy atom. The van der Waals surface area contributed by atoms with Gasteiger partial charge in [-0.15, -0.1) is 21.5 Å². The second kappa shape index (κ2) is 8.31. The second-order valence-electron chi connectivity index (χ2n) is 6.48. The van der Waals surface area contributed by atoms with E-state index in [9.17, 15) is 4.79 Å². The SMILES string of the molecule is Cc1nc(C)c(-c2nnc(S[C@H](C)C(=O)NC3CCCCCC3)o2)s1. The van der Waals surface area contributed by atoms with E-state index in [1.807, 2.05) is 20.8 Å². The van der Waals surface area contributed by atoms with Crippen molar-refractivity contribution in [3.63, 3.8) is 0 Å². The zero-order chi connectivity index (χ0) is 17.8. The minimum absolute atomic E-state index is 0.0430. The number of rotatable bonds is 5. The summed E-state index contributed by atoms with van der Waals surface area (Å²) in [5.41, 5.74) is 0.891. The van der Waals surface area contributed by atoms with E-state index in [0.29, 0.717) is 17.2 Å². The van der Waals surface area contributed by atoms with E-state index in [2.05, 4.69) is 20.5 Å². The largest absolute Gasteiger partial charge is 0.410 e. The smallest absolute Gasteiger partial charge is 0.277 e. The van der Waals surface area contributed by atoms with Crippen LogP contribution in [0.2, 0.25) is 0 Å². The van der Waals surface area contributed by atoms with Crippen molar-refractivity contribution >= 4 is 29.0 Å². The van der Waals surface area contributed by atoms with Crippen LogP contribution in [-0.4, -0.2) is 32.4 Å². The first kappa shape index (κ1) is 18.4. The highest BCUT2D eigenvalue weighted by Crippen LogP contribution is 2.31. The summed E-state index contributed by atoms with van der Waals surface area (Å²) in [6.07, 6.45) is 7.12. The van der Waals surface area contributed by atoms with Crippen LogP contribution in [0.15, 0.2) is 9.64 Å². The number of hydrogen-bond donors (Lipinski definition) is 1. The van der Waals surface area contributed by atoms with Crippen LogP contribution in [0.3, 0.4) is 0 Å². The van der Waals surface area contributed by atoms with Gasteiger partial charge in [-0.25, -0.2) is 4.98 Å². The Kier molecular flexibility index (Phi) is 6.11. The van der Waals surface area contributed by atoms with Gasteiger partial charge in [-0.3, -0.25) is 4.79 Å².